The van der Waals surface area contributed by atoms with Gasteiger partial charge in [-0.3, -0.25) is 0 Å². The van der Waals surface area contributed by atoms with E-state index in [2.05, 4.69) is 5.32 Å². The smallest absolute Gasteiger partial charge is 0.385 e. The first-order valence-electron chi connectivity index (χ1n) is 6.04. The Balaban J connectivity index is 2.75. The number of rotatable bonds is 6. The normalized spacial score (nSPS) is 14.1. The summed E-state index contributed by atoms with van der Waals surface area (Å²) >= 11 is 0. The number of anilines is 1. The van der Waals surface area contributed by atoms with Crippen molar-refractivity contribution in [3.05, 3.63) is 24.3 Å². The molecule has 1 unspecified atom stereocenters. The molecule has 0 aliphatic heterocycles. The zero-order valence-corrected chi connectivity index (χ0v) is 11.8. The molecule has 0 fully saturated rings. The molecule has 1 aromatic rings. The zero-order valence-electron chi connectivity index (χ0n) is 10.9. The molecule has 1 aromatic carbocycles. The molecule has 1 atom stereocenters. The van der Waals surface area contributed by atoms with Gasteiger partial charge in [0.15, 0.2) is 0 Å². The van der Waals surface area contributed by atoms with Crippen LogP contribution in [-0.2, 0) is 9.84 Å². The molecular weight excluding hydrogens is 293 g/mol. The van der Waals surface area contributed by atoms with Crippen molar-refractivity contribution in [2.24, 2.45) is 11.7 Å². The minimum atomic E-state index is -5.28. The van der Waals surface area contributed by atoms with Gasteiger partial charge in [-0.2, -0.15) is 13.2 Å². The van der Waals surface area contributed by atoms with Crippen molar-refractivity contribution in [2.45, 2.75) is 23.7 Å². The van der Waals surface area contributed by atoms with Crippen LogP contribution in [0.15, 0.2) is 29.2 Å². The van der Waals surface area contributed by atoms with Gasteiger partial charge in [0.2, 0.25) is 0 Å². The lowest BCUT2D eigenvalue weighted by molar-refractivity contribution is -0.0436. The third-order valence-corrected chi connectivity index (χ3v) is 4.29. The molecule has 20 heavy (non-hydrogen) atoms. The Morgan fingerprint density at radius 3 is 2.25 bits per heavy atom. The summed E-state index contributed by atoms with van der Waals surface area (Å²) < 4.78 is 59.3. The van der Waals surface area contributed by atoms with Crippen molar-refractivity contribution in [3.63, 3.8) is 0 Å². The Kier molecular flexibility index (Phi) is 5.41. The van der Waals surface area contributed by atoms with E-state index in [0.29, 0.717) is 24.7 Å². The molecule has 0 saturated carbocycles. The molecule has 0 bridgehead atoms. The van der Waals surface area contributed by atoms with E-state index in [1.165, 1.54) is 12.1 Å². The van der Waals surface area contributed by atoms with Gasteiger partial charge in [-0.1, -0.05) is 6.92 Å². The first kappa shape index (κ1) is 16.8. The molecule has 3 N–H and O–H groups in total. The second kappa shape index (κ2) is 6.45. The Labute approximate surface area is 116 Å². The summed E-state index contributed by atoms with van der Waals surface area (Å²) in [6.07, 6.45) is 0.827. The summed E-state index contributed by atoms with van der Waals surface area (Å²) in [4.78, 5) is -0.759. The summed E-state index contributed by atoms with van der Waals surface area (Å²) in [7, 11) is -5.28. The zero-order chi connectivity index (χ0) is 15.4. The van der Waals surface area contributed by atoms with Gasteiger partial charge < -0.3 is 11.1 Å². The number of hydrogen-bond donors (Lipinski definition) is 2. The Morgan fingerprint density at radius 2 is 1.80 bits per heavy atom. The maximum atomic E-state index is 12.3. The highest BCUT2D eigenvalue weighted by molar-refractivity contribution is 7.92. The summed E-state index contributed by atoms with van der Waals surface area (Å²) in [5.74, 6) is 0.318. The van der Waals surface area contributed by atoms with Crippen molar-refractivity contribution in [2.75, 3.05) is 18.4 Å². The molecule has 1 rings (SSSR count). The van der Waals surface area contributed by atoms with E-state index in [0.717, 1.165) is 18.6 Å². The summed E-state index contributed by atoms with van der Waals surface area (Å²) in [6, 6.07) is 4.51. The van der Waals surface area contributed by atoms with E-state index in [4.69, 9.17) is 5.73 Å². The minimum Gasteiger partial charge on any atom is -0.385 e. The maximum Gasteiger partial charge on any atom is 0.501 e. The van der Waals surface area contributed by atoms with Crippen LogP contribution in [0.25, 0.3) is 0 Å². The predicted molar refractivity (Wildman–Crippen MR) is 71.0 cm³/mol. The molecule has 0 radical (unpaired) electrons. The van der Waals surface area contributed by atoms with Gasteiger partial charge in [0.05, 0.1) is 4.90 Å². The van der Waals surface area contributed by atoms with Gasteiger partial charge in [-0.05, 0) is 43.1 Å². The van der Waals surface area contributed by atoms with Gasteiger partial charge in [0, 0.05) is 12.2 Å². The fraction of sp³-hybridized carbons (Fsp3) is 0.500. The van der Waals surface area contributed by atoms with Crippen molar-refractivity contribution in [1.82, 2.24) is 0 Å². The molecular formula is C12H17F3N2O2S. The number of hydrogen-bond acceptors (Lipinski definition) is 4. The average molecular weight is 310 g/mol. The molecule has 0 spiro atoms. The number of benzene rings is 1. The third kappa shape index (κ3) is 4.11. The Bertz CT molecular complexity index is 527. The van der Waals surface area contributed by atoms with Gasteiger partial charge in [0.25, 0.3) is 9.84 Å². The largest absolute Gasteiger partial charge is 0.501 e. The molecule has 0 aliphatic rings. The summed E-state index contributed by atoms with van der Waals surface area (Å²) in [5, 5.41) is 3.01. The minimum absolute atomic E-state index is 0.318. The molecule has 114 valence electrons. The highest BCUT2D eigenvalue weighted by Crippen LogP contribution is 2.30. The van der Waals surface area contributed by atoms with Crippen LogP contribution in [0.2, 0.25) is 0 Å². The Hall–Kier alpha value is -1.28. The molecule has 0 aliphatic carbocycles. The van der Waals surface area contributed by atoms with E-state index >= 15 is 0 Å². The SMILES string of the molecule is CC(CCN)CNc1ccc(S(=O)(=O)C(F)(F)F)cc1. The Morgan fingerprint density at radius 1 is 1.25 bits per heavy atom. The lowest BCUT2D eigenvalue weighted by Gasteiger charge is -2.13. The second-order valence-electron chi connectivity index (χ2n) is 4.54. The third-order valence-electron chi connectivity index (χ3n) is 2.78. The van der Waals surface area contributed by atoms with Crippen LogP contribution in [0, 0.1) is 5.92 Å². The van der Waals surface area contributed by atoms with Crippen LogP contribution in [-0.4, -0.2) is 27.0 Å². The lowest BCUT2D eigenvalue weighted by atomic mass is 10.1. The number of sulfone groups is 1. The first-order chi connectivity index (χ1) is 9.18. The number of nitrogens with one attached hydrogen (secondary N) is 1. The van der Waals surface area contributed by atoms with Crippen LogP contribution in [0.4, 0.5) is 18.9 Å². The van der Waals surface area contributed by atoms with Crippen molar-refractivity contribution >= 4 is 15.5 Å². The highest BCUT2D eigenvalue weighted by atomic mass is 32.2. The monoisotopic (exact) mass is 310 g/mol. The fourth-order valence-corrected chi connectivity index (χ4v) is 2.33. The molecule has 0 saturated heterocycles. The lowest BCUT2D eigenvalue weighted by Crippen LogP contribution is -2.23. The van der Waals surface area contributed by atoms with Gasteiger partial charge in [-0.15, -0.1) is 0 Å². The average Bonchev–Trinajstić information content (AvgIpc) is 2.36. The van der Waals surface area contributed by atoms with Crippen molar-refractivity contribution < 1.29 is 21.6 Å². The van der Waals surface area contributed by atoms with Gasteiger partial charge >= 0.3 is 5.51 Å². The van der Waals surface area contributed by atoms with E-state index in [1.807, 2.05) is 6.92 Å². The quantitative estimate of drug-likeness (QED) is 0.846. The number of halogens is 3. The summed E-state index contributed by atoms with van der Waals surface area (Å²) in [6.45, 7) is 3.16. The van der Waals surface area contributed by atoms with Crippen molar-refractivity contribution in [3.8, 4) is 0 Å². The predicted octanol–water partition coefficient (Wildman–Crippen LogP) is 2.38. The maximum absolute atomic E-state index is 12.3. The number of nitrogens with two attached hydrogens (primary N) is 1. The number of alkyl halides is 3. The van der Waals surface area contributed by atoms with Crippen LogP contribution >= 0.6 is 0 Å². The molecule has 8 heteroatoms. The fourth-order valence-electron chi connectivity index (χ4n) is 1.56. The van der Waals surface area contributed by atoms with Gasteiger partial charge in [0.1, 0.15) is 0 Å². The topological polar surface area (TPSA) is 72.2 Å². The van der Waals surface area contributed by atoms with Crippen molar-refractivity contribution in [1.29, 1.82) is 0 Å². The standard InChI is InChI=1S/C12H17F3N2O2S/c1-9(6-7-16)8-17-10-2-4-11(5-3-10)20(18,19)12(13,14)15/h2-5,9,17H,6-8,16H2,1H3. The molecule has 0 amide bonds. The van der Waals surface area contributed by atoms with E-state index < -0.39 is 20.2 Å². The first-order valence-corrected chi connectivity index (χ1v) is 7.52. The highest BCUT2D eigenvalue weighted by Gasteiger charge is 2.46. The molecule has 0 heterocycles. The molecule has 4 nitrogen and oxygen atoms in total. The van der Waals surface area contributed by atoms with Crippen LogP contribution in [0.1, 0.15) is 13.3 Å². The van der Waals surface area contributed by atoms with E-state index in [-0.39, 0.29) is 0 Å². The van der Waals surface area contributed by atoms with E-state index in [1.54, 1.807) is 0 Å². The van der Waals surface area contributed by atoms with Crippen LogP contribution in [0.5, 0.6) is 0 Å². The summed E-state index contributed by atoms with van der Waals surface area (Å²) in [5.41, 5.74) is 0.690. The van der Waals surface area contributed by atoms with E-state index in [9.17, 15) is 21.6 Å². The van der Waals surface area contributed by atoms with Crippen LogP contribution < -0.4 is 11.1 Å². The van der Waals surface area contributed by atoms with Crippen LogP contribution in [0.3, 0.4) is 0 Å². The second-order valence-corrected chi connectivity index (χ2v) is 6.48. The van der Waals surface area contributed by atoms with Gasteiger partial charge in [-0.25, -0.2) is 8.42 Å². The molecule has 0 aromatic heterocycles.